The highest BCUT2D eigenvalue weighted by Gasteiger charge is 2.09. The number of thioether (sulfide) groups is 1. The highest BCUT2D eigenvalue weighted by Crippen LogP contribution is 2.25. The van der Waals surface area contributed by atoms with Crippen molar-refractivity contribution in [3.63, 3.8) is 0 Å². The van der Waals surface area contributed by atoms with Crippen molar-refractivity contribution in [3.05, 3.63) is 65.2 Å². The van der Waals surface area contributed by atoms with Crippen molar-refractivity contribution in [2.75, 3.05) is 11.1 Å². The molecule has 0 fully saturated rings. The van der Waals surface area contributed by atoms with Gasteiger partial charge in [-0.25, -0.2) is 4.98 Å². The zero-order valence-corrected chi connectivity index (χ0v) is 15.8. The molecular formula is C21H20N2O2S. The standard InChI is InChI=1S/C21H20N2O2S/c1-13-7-8-19-17(9-13)10-14(2)21(23-19)26-12-20(25)22-18-6-4-5-16(11-18)15(3)24/h4-11H,12H2,1-3H3,(H,22,25). The van der Waals surface area contributed by atoms with Gasteiger partial charge >= 0.3 is 0 Å². The predicted octanol–water partition coefficient (Wildman–Crippen LogP) is 4.79. The third-order valence-corrected chi connectivity index (χ3v) is 5.10. The topological polar surface area (TPSA) is 59.1 Å². The Balaban J connectivity index is 1.68. The Morgan fingerprint density at radius 1 is 1.08 bits per heavy atom. The van der Waals surface area contributed by atoms with Gasteiger partial charge in [0.25, 0.3) is 0 Å². The van der Waals surface area contributed by atoms with E-state index in [4.69, 9.17) is 0 Å². The molecule has 0 radical (unpaired) electrons. The Kier molecular flexibility index (Phi) is 5.38. The summed E-state index contributed by atoms with van der Waals surface area (Å²) in [6.45, 7) is 5.57. The molecule has 0 spiro atoms. The fraction of sp³-hybridized carbons (Fsp3) is 0.190. The Morgan fingerprint density at radius 3 is 2.65 bits per heavy atom. The van der Waals surface area contributed by atoms with E-state index in [1.54, 1.807) is 24.3 Å². The van der Waals surface area contributed by atoms with E-state index in [2.05, 4.69) is 29.4 Å². The molecule has 1 N–H and O–H groups in total. The van der Waals surface area contributed by atoms with Crippen LogP contribution in [0.3, 0.4) is 0 Å². The van der Waals surface area contributed by atoms with Crippen molar-refractivity contribution in [3.8, 4) is 0 Å². The van der Waals surface area contributed by atoms with E-state index in [1.807, 2.05) is 19.1 Å². The first-order chi connectivity index (χ1) is 12.4. The molecule has 0 unspecified atom stereocenters. The van der Waals surface area contributed by atoms with E-state index in [1.165, 1.54) is 24.2 Å². The Labute approximate surface area is 157 Å². The first kappa shape index (κ1) is 18.1. The van der Waals surface area contributed by atoms with Crippen LogP contribution in [0.1, 0.15) is 28.4 Å². The van der Waals surface area contributed by atoms with Crippen LogP contribution in [0.15, 0.2) is 53.6 Å². The molecule has 132 valence electrons. The quantitative estimate of drug-likeness (QED) is 0.522. The van der Waals surface area contributed by atoms with Gasteiger partial charge in [0.15, 0.2) is 5.78 Å². The maximum Gasteiger partial charge on any atom is 0.234 e. The highest BCUT2D eigenvalue weighted by molar-refractivity contribution is 8.00. The van der Waals surface area contributed by atoms with Crippen molar-refractivity contribution < 1.29 is 9.59 Å². The minimum atomic E-state index is -0.124. The average Bonchev–Trinajstić information content (AvgIpc) is 2.60. The number of nitrogens with one attached hydrogen (secondary N) is 1. The van der Waals surface area contributed by atoms with E-state index in [-0.39, 0.29) is 17.4 Å². The molecule has 4 nitrogen and oxygen atoms in total. The number of rotatable bonds is 5. The van der Waals surface area contributed by atoms with Crippen molar-refractivity contribution in [1.82, 2.24) is 4.98 Å². The number of anilines is 1. The summed E-state index contributed by atoms with van der Waals surface area (Å²) in [6, 6.07) is 15.2. The molecule has 5 heteroatoms. The number of pyridine rings is 1. The van der Waals surface area contributed by atoms with Crippen molar-refractivity contribution in [2.24, 2.45) is 0 Å². The van der Waals surface area contributed by atoms with Gasteiger partial charge in [-0.1, -0.05) is 35.5 Å². The zero-order chi connectivity index (χ0) is 18.7. The molecule has 0 saturated carbocycles. The van der Waals surface area contributed by atoms with E-state index in [0.717, 1.165) is 21.5 Å². The van der Waals surface area contributed by atoms with Gasteiger partial charge in [0.1, 0.15) is 5.03 Å². The molecule has 0 aliphatic carbocycles. The Hall–Kier alpha value is -2.66. The second-order valence-corrected chi connectivity index (χ2v) is 7.24. The molecule has 0 aliphatic rings. The number of hydrogen-bond acceptors (Lipinski definition) is 4. The summed E-state index contributed by atoms with van der Waals surface area (Å²) in [6.07, 6.45) is 0. The summed E-state index contributed by atoms with van der Waals surface area (Å²) in [5.74, 6) is 0.109. The third kappa shape index (κ3) is 4.29. The third-order valence-electron chi connectivity index (χ3n) is 4.01. The SMILES string of the molecule is CC(=O)c1cccc(NC(=O)CSc2nc3ccc(C)cc3cc2C)c1. The molecule has 26 heavy (non-hydrogen) atoms. The maximum absolute atomic E-state index is 12.2. The number of benzene rings is 2. The van der Waals surface area contributed by atoms with Crippen LogP contribution >= 0.6 is 11.8 Å². The molecule has 1 heterocycles. The Bertz CT molecular complexity index is 998. The lowest BCUT2D eigenvalue weighted by Gasteiger charge is -2.09. The van der Waals surface area contributed by atoms with Crippen LogP contribution in [0.25, 0.3) is 10.9 Å². The number of hydrogen-bond donors (Lipinski definition) is 1. The number of aryl methyl sites for hydroxylation is 2. The number of carbonyl (C=O) groups excluding carboxylic acids is 2. The summed E-state index contributed by atoms with van der Waals surface area (Å²) >= 11 is 1.41. The lowest BCUT2D eigenvalue weighted by Crippen LogP contribution is -2.14. The number of Topliss-reactive ketones (excluding diaryl/α,β-unsaturated/α-hetero) is 1. The number of aromatic nitrogens is 1. The van der Waals surface area contributed by atoms with E-state index in [9.17, 15) is 9.59 Å². The van der Waals surface area contributed by atoms with Crippen LogP contribution in [-0.2, 0) is 4.79 Å². The zero-order valence-electron chi connectivity index (χ0n) is 15.0. The van der Waals surface area contributed by atoms with Crippen LogP contribution < -0.4 is 5.32 Å². The number of carbonyl (C=O) groups is 2. The molecule has 1 amide bonds. The van der Waals surface area contributed by atoms with E-state index >= 15 is 0 Å². The van der Waals surface area contributed by atoms with Gasteiger partial charge < -0.3 is 5.32 Å². The molecule has 3 rings (SSSR count). The highest BCUT2D eigenvalue weighted by atomic mass is 32.2. The van der Waals surface area contributed by atoms with Gasteiger partial charge in [0.2, 0.25) is 5.91 Å². The van der Waals surface area contributed by atoms with Crippen LogP contribution in [0.4, 0.5) is 5.69 Å². The normalized spacial score (nSPS) is 10.7. The molecular weight excluding hydrogens is 344 g/mol. The molecule has 1 aromatic heterocycles. The fourth-order valence-corrected chi connectivity index (χ4v) is 3.47. The van der Waals surface area contributed by atoms with Gasteiger partial charge in [-0.15, -0.1) is 0 Å². The summed E-state index contributed by atoms with van der Waals surface area (Å²) in [5.41, 5.74) is 4.39. The van der Waals surface area contributed by atoms with Crippen LogP contribution in [0, 0.1) is 13.8 Å². The first-order valence-corrected chi connectivity index (χ1v) is 9.32. The van der Waals surface area contributed by atoms with Gasteiger partial charge in [-0.05, 0) is 56.7 Å². The summed E-state index contributed by atoms with van der Waals surface area (Å²) in [4.78, 5) is 28.3. The number of amides is 1. The van der Waals surface area contributed by atoms with E-state index < -0.39 is 0 Å². The summed E-state index contributed by atoms with van der Waals surface area (Å²) in [7, 11) is 0. The van der Waals surface area contributed by atoms with Gasteiger partial charge in [-0.2, -0.15) is 0 Å². The number of fused-ring (bicyclic) bond motifs is 1. The molecule has 0 atom stereocenters. The van der Waals surface area contributed by atoms with Gasteiger partial charge in [-0.3, -0.25) is 9.59 Å². The second kappa shape index (κ2) is 7.70. The van der Waals surface area contributed by atoms with Crippen LogP contribution in [0.2, 0.25) is 0 Å². The predicted molar refractivity (Wildman–Crippen MR) is 107 cm³/mol. The minimum Gasteiger partial charge on any atom is -0.325 e. The van der Waals surface area contributed by atoms with Gasteiger partial charge in [0.05, 0.1) is 11.3 Å². The average molecular weight is 364 g/mol. The smallest absolute Gasteiger partial charge is 0.234 e. The fourth-order valence-electron chi connectivity index (χ4n) is 2.68. The molecule has 0 bridgehead atoms. The van der Waals surface area contributed by atoms with Crippen LogP contribution in [0.5, 0.6) is 0 Å². The largest absolute Gasteiger partial charge is 0.325 e. The molecule has 2 aromatic carbocycles. The Morgan fingerprint density at radius 2 is 1.88 bits per heavy atom. The molecule has 0 saturated heterocycles. The summed E-state index contributed by atoms with van der Waals surface area (Å²) < 4.78 is 0. The second-order valence-electron chi connectivity index (χ2n) is 6.28. The summed E-state index contributed by atoms with van der Waals surface area (Å²) in [5, 5.41) is 4.80. The monoisotopic (exact) mass is 364 g/mol. The van der Waals surface area contributed by atoms with E-state index in [0.29, 0.717) is 11.3 Å². The van der Waals surface area contributed by atoms with Crippen LogP contribution in [-0.4, -0.2) is 22.4 Å². The first-order valence-electron chi connectivity index (χ1n) is 8.34. The van der Waals surface area contributed by atoms with Crippen molar-refractivity contribution in [2.45, 2.75) is 25.8 Å². The number of nitrogens with zero attached hydrogens (tertiary/aromatic N) is 1. The molecule has 3 aromatic rings. The lowest BCUT2D eigenvalue weighted by molar-refractivity contribution is -0.113. The maximum atomic E-state index is 12.2. The molecule has 0 aliphatic heterocycles. The minimum absolute atomic E-state index is 0.0262. The van der Waals surface area contributed by atoms with Gasteiger partial charge in [0, 0.05) is 16.6 Å². The lowest BCUT2D eigenvalue weighted by atomic mass is 10.1. The van der Waals surface area contributed by atoms with Crippen molar-refractivity contribution >= 4 is 40.0 Å². The van der Waals surface area contributed by atoms with Crippen molar-refractivity contribution in [1.29, 1.82) is 0 Å². The number of ketones is 1.